The molecule has 2 aromatic rings. The van der Waals surface area contributed by atoms with Crippen LogP contribution in [0.5, 0.6) is 0 Å². The molecule has 0 aliphatic carbocycles. The fourth-order valence-corrected chi connectivity index (χ4v) is 4.94. The SMILES string of the molecule is O=C(CCc1ccc(S(=O)(=O)N2CCCCC2)cc1)NNC(=O)c1cccc(Cl)c1. The van der Waals surface area contributed by atoms with Gasteiger partial charge in [0.15, 0.2) is 0 Å². The van der Waals surface area contributed by atoms with Crippen LogP contribution in [-0.2, 0) is 21.2 Å². The van der Waals surface area contributed by atoms with Gasteiger partial charge in [-0.2, -0.15) is 4.31 Å². The third kappa shape index (κ3) is 5.81. The van der Waals surface area contributed by atoms with Gasteiger partial charge in [-0.25, -0.2) is 8.42 Å². The van der Waals surface area contributed by atoms with Crippen LogP contribution >= 0.6 is 11.6 Å². The molecule has 1 aliphatic heterocycles. The Kier molecular flexibility index (Phi) is 7.47. The van der Waals surface area contributed by atoms with Crippen molar-refractivity contribution in [3.63, 3.8) is 0 Å². The van der Waals surface area contributed by atoms with Crippen molar-refractivity contribution in [1.29, 1.82) is 0 Å². The van der Waals surface area contributed by atoms with Crippen LogP contribution in [-0.4, -0.2) is 37.6 Å². The molecule has 7 nitrogen and oxygen atoms in total. The minimum absolute atomic E-state index is 0.147. The minimum atomic E-state index is -3.46. The van der Waals surface area contributed by atoms with Crippen LogP contribution in [0.15, 0.2) is 53.4 Å². The number of hydrazine groups is 1. The van der Waals surface area contributed by atoms with Crippen molar-refractivity contribution in [2.24, 2.45) is 0 Å². The van der Waals surface area contributed by atoms with Crippen molar-refractivity contribution in [3.8, 4) is 0 Å². The van der Waals surface area contributed by atoms with Gasteiger partial charge in [0, 0.05) is 30.1 Å². The summed E-state index contributed by atoms with van der Waals surface area (Å²) in [5, 5.41) is 0.430. The molecule has 0 unspecified atom stereocenters. The quantitative estimate of drug-likeness (QED) is 0.663. The Hall–Kier alpha value is -2.42. The highest BCUT2D eigenvalue weighted by Gasteiger charge is 2.25. The van der Waals surface area contributed by atoms with Crippen molar-refractivity contribution >= 4 is 33.4 Å². The second-order valence-electron chi connectivity index (χ2n) is 7.12. The average Bonchev–Trinajstić information content (AvgIpc) is 2.77. The second kappa shape index (κ2) is 10.1. The van der Waals surface area contributed by atoms with E-state index in [0.29, 0.717) is 30.1 Å². The van der Waals surface area contributed by atoms with E-state index in [-0.39, 0.29) is 17.2 Å². The molecule has 2 amide bonds. The first kappa shape index (κ1) is 22.3. The summed E-state index contributed by atoms with van der Waals surface area (Å²) >= 11 is 5.84. The Morgan fingerprint density at radius 1 is 0.967 bits per heavy atom. The standard InChI is InChI=1S/C21H24ClN3O4S/c22-18-6-4-5-17(15-18)21(27)24-23-20(26)12-9-16-7-10-19(11-8-16)30(28,29)25-13-2-1-3-14-25/h4-8,10-11,15H,1-3,9,12-14H2,(H,23,26)(H,24,27). The summed E-state index contributed by atoms with van der Waals surface area (Å²) in [5.41, 5.74) is 5.89. The van der Waals surface area contributed by atoms with E-state index in [1.165, 1.54) is 10.4 Å². The highest BCUT2D eigenvalue weighted by Crippen LogP contribution is 2.21. The van der Waals surface area contributed by atoms with Gasteiger partial charge in [-0.3, -0.25) is 20.4 Å². The van der Waals surface area contributed by atoms with Crippen molar-refractivity contribution in [2.45, 2.75) is 37.0 Å². The van der Waals surface area contributed by atoms with Crippen molar-refractivity contribution in [3.05, 3.63) is 64.7 Å². The van der Waals surface area contributed by atoms with Crippen LogP contribution in [0.4, 0.5) is 0 Å². The number of rotatable bonds is 6. The third-order valence-electron chi connectivity index (χ3n) is 4.92. The van der Waals surface area contributed by atoms with Gasteiger partial charge >= 0.3 is 0 Å². The van der Waals surface area contributed by atoms with Gasteiger partial charge in [0.1, 0.15) is 0 Å². The Morgan fingerprint density at radius 2 is 1.67 bits per heavy atom. The Morgan fingerprint density at radius 3 is 2.33 bits per heavy atom. The molecular weight excluding hydrogens is 426 g/mol. The second-order valence-corrected chi connectivity index (χ2v) is 9.50. The van der Waals surface area contributed by atoms with E-state index in [1.54, 1.807) is 42.5 Å². The summed E-state index contributed by atoms with van der Waals surface area (Å²) in [6.07, 6.45) is 3.41. The topological polar surface area (TPSA) is 95.6 Å². The van der Waals surface area contributed by atoms with Gasteiger partial charge in [-0.1, -0.05) is 36.2 Å². The van der Waals surface area contributed by atoms with E-state index >= 15 is 0 Å². The maximum atomic E-state index is 12.7. The number of hydrogen-bond acceptors (Lipinski definition) is 4. The first-order valence-electron chi connectivity index (χ1n) is 9.80. The van der Waals surface area contributed by atoms with Gasteiger partial charge < -0.3 is 0 Å². The van der Waals surface area contributed by atoms with Crippen LogP contribution in [0.3, 0.4) is 0 Å². The van der Waals surface area contributed by atoms with E-state index in [9.17, 15) is 18.0 Å². The molecular formula is C21H24ClN3O4S. The molecule has 1 fully saturated rings. The number of benzene rings is 2. The van der Waals surface area contributed by atoms with E-state index in [0.717, 1.165) is 24.8 Å². The van der Waals surface area contributed by atoms with Crippen LogP contribution in [0.2, 0.25) is 5.02 Å². The Bertz CT molecular complexity index is 1000. The molecule has 1 heterocycles. The molecule has 0 spiro atoms. The average molecular weight is 450 g/mol. The van der Waals surface area contributed by atoms with Crippen LogP contribution in [0.25, 0.3) is 0 Å². The summed E-state index contributed by atoms with van der Waals surface area (Å²) in [6.45, 7) is 1.12. The van der Waals surface area contributed by atoms with Crippen molar-refractivity contribution in [2.75, 3.05) is 13.1 Å². The molecule has 1 saturated heterocycles. The largest absolute Gasteiger partial charge is 0.273 e. The Balaban J connectivity index is 1.48. The molecule has 0 radical (unpaired) electrons. The smallest absolute Gasteiger partial charge is 0.269 e. The monoisotopic (exact) mass is 449 g/mol. The molecule has 160 valence electrons. The molecule has 0 bridgehead atoms. The van der Waals surface area contributed by atoms with Gasteiger partial charge in [0.25, 0.3) is 5.91 Å². The van der Waals surface area contributed by atoms with Crippen molar-refractivity contribution < 1.29 is 18.0 Å². The predicted octanol–water partition coefficient (Wildman–Crippen LogP) is 2.91. The number of carbonyl (C=O) groups is 2. The summed E-state index contributed by atoms with van der Waals surface area (Å²) in [5.74, 6) is -0.812. The number of aryl methyl sites for hydroxylation is 1. The fraction of sp³-hybridized carbons (Fsp3) is 0.333. The highest BCUT2D eigenvalue weighted by molar-refractivity contribution is 7.89. The molecule has 2 N–H and O–H groups in total. The van der Waals surface area contributed by atoms with E-state index in [2.05, 4.69) is 10.9 Å². The lowest BCUT2D eigenvalue weighted by atomic mass is 10.1. The molecule has 9 heteroatoms. The zero-order chi connectivity index (χ0) is 21.6. The minimum Gasteiger partial charge on any atom is -0.273 e. The van der Waals surface area contributed by atoms with Crippen molar-refractivity contribution in [1.82, 2.24) is 15.2 Å². The van der Waals surface area contributed by atoms with Gasteiger partial charge in [-0.15, -0.1) is 0 Å². The maximum absolute atomic E-state index is 12.7. The highest BCUT2D eigenvalue weighted by atomic mass is 35.5. The lowest BCUT2D eigenvalue weighted by Gasteiger charge is -2.25. The number of piperidine rings is 1. The van der Waals surface area contributed by atoms with Gasteiger partial charge in [0.2, 0.25) is 15.9 Å². The van der Waals surface area contributed by atoms with Crippen LogP contribution in [0, 0.1) is 0 Å². The number of sulfonamides is 1. The number of carbonyl (C=O) groups excluding carboxylic acids is 2. The van der Waals surface area contributed by atoms with Gasteiger partial charge in [-0.05, 0) is 55.2 Å². The van der Waals surface area contributed by atoms with E-state index < -0.39 is 15.9 Å². The first-order chi connectivity index (χ1) is 14.4. The molecule has 3 rings (SSSR count). The summed E-state index contributed by atoms with van der Waals surface area (Å²) in [7, 11) is -3.46. The molecule has 2 aromatic carbocycles. The molecule has 0 saturated carbocycles. The first-order valence-corrected chi connectivity index (χ1v) is 11.6. The normalized spacial score (nSPS) is 14.8. The predicted molar refractivity (Wildman–Crippen MR) is 114 cm³/mol. The maximum Gasteiger partial charge on any atom is 0.269 e. The zero-order valence-corrected chi connectivity index (χ0v) is 18.0. The van der Waals surface area contributed by atoms with Gasteiger partial charge in [0.05, 0.1) is 4.90 Å². The lowest BCUT2D eigenvalue weighted by Crippen LogP contribution is -2.41. The molecule has 0 aromatic heterocycles. The third-order valence-corrected chi connectivity index (χ3v) is 7.07. The molecule has 30 heavy (non-hydrogen) atoms. The number of nitrogens with zero attached hydrogens (tertiary/aromatic N) is 1. The summed E-state index contributed by atoms with van der Waals surface area (Å²) in [4.78, 5) is 24.3. The molecule has 1 aliphatic rings. The summed E-state index contributed by atoms with van der Waals surface area (Å²) in [6, 6.07) is 13.0. The molecule has 0 atom stereocenters. The Labute approximate surface area is 181 Å². The summed E-state index contributed by atoms with van der Waals surface area (Å²) < 4.78 is 26.9. The zero-order valence-electron chi connectivity index (χ0n) is 16.4. The fourth-order valence-electron chi connectivity index (χ4n) is 3.23. The lowest BCUT2D eigenvalue weighted by molar-refractivity contribution is -0.121. The number of amides is 2. The van der Waals surface area contributed by atoms with Crippen LogP contribution < -0.4 is 10.9 Å². The van der Waals surface area contributed by atoms with E-state index in [4.69, 9.17) is 11.6 Å². The van der Waals surface area contributed by atoms with E-state index in [1.807, 2.05) is 0 Å². The number of hydrogen-bond donors (Lipinski definition) is 2. The number of nitrogens with one attached hydrogen (secondary N) is 2. The van der Waals surface area contributed by atoms with Crippen LogP contribution in [0.1, 0.15) is 41.6 Å². The number of halogens is 1.